The minimum absolute atomic E-state index is 0.697. The number of halogens is 1. The van der Waals surface area contributed by atoms with Crippen LogP contribution < -0.4 is 11.1 Å². The molecule has 2 aromatic rings. The number of aromatic nitrogens is 2. The van der Waals surface area contributed by atoms with Crippen LogP contribution in [0, 0.1) is 17.4 Å². The highest BCUT2D eigenvalue weighted by molar-refractivity contribution is 14.1. The van der Waals surface area contributed by atoms with E-state index in [9.17, 15) is 0 Å². The molecule has 0 bridgehead atoms. The summed E-state index contributed by atoms with van der Waals surface area (Å²) in [7, 11) is 1.88. The number of hydrogen-bond acceptors (Lipinski definition) is 3. The van der Waals surface area contributed by atoms with E-state index in [2.05, 4.69) is 52.1 Å². The summed E-state index contributed by atoms with van der Waals surface area (Å²) < 4.78 is 2.99. The minimum atomic E-state index is 0.697. The molecular weight excluding hydrogens is 327 g/mol. The van der Waals surface area contributed by atoms with Crippen LogP contribution in [0.4, 0.5) is 17.2 Å². The van der Waals surface area contributed by atoms with Gasteiger partial charge in [0.1, 0.15) is 0 Å². The second-order valence-electron chi connectivity index (χ2n) is 4.06. The van der Waals surface area contributed by atoms with Crippen molar-refractivity contribution in [2.75, 3.05) is 11.1 Å². The Morgan fingerprint density at radius 3 is 2.59 bits per heavy atom. The zero-order chi connectivity index (χ0) is 12.6. The van der Waals surface area contributed by atoms with Gasteiger partial charge in [0.15, 0.2) is 5.82 Å². The molecule has 0 unspecified atom stereocenters. The van der Waals surface area contributed by atoms with Gasteiger partial charge in [-0.1, -0.05) is 6.07 Å². The number of aryl methyl sites for hydroxylation is 3. The summed E-state index contributed by atoms with van der Waals surface area (Å²) in [6.07, 6.45) is 0. The molecule has 2 rings (SSSR count). The summed E-state index contributed by atoms with van der Waals surface area (Å²) in [6, 6.07) is 6.22. The van der Waals surface area contributed by atoms with Crippen LogP contribution in [0.3, 0.4) is 0 Å². The highest BCUT2D eigenvalue weighted by Gasteiger charge is 2.10. The van der Waals surface area contributed by atoms with E-state index in [-0.39, 0.29) is 0 Å². The van der Waals surface area contributed by atoms with E-state index in [1.807, 2.05) is 20.0 Å². The topological polar surface area (TPSA) is 55.9 Å². The van der Waals surface area contributed by atoms with Gasteiger partial charge in [-0.2, -0.15) is 5.10 Å². The summed E-state index contributed by atoms with van der Waals surface area (Å²) in [6.45, 7) is 3.99. The number of anilines is 3. The van der Waals surface area contributed by atoms with Gasteiger partial charge in [0.2, 0.25) is 0 Å². The molecule has 3 N–H and O–H groups in total. The molecule has 1 aromatic carbocycles. The molecule has 0 saturated heterocycles. The zero-order valence-corrected chi connectivity index (χ0v) is 12.2. The van der Waals surface area contributed by atoms with Crippen LogP contribution in [0.5, 0.6) is 0 Å². The van der Waals surface area contributed by atoms with Crippen molar-refractivity contribution < 1.29 is 0 Å². The van der Waals surface area contributed by atoms with Gasteiger partial charge in [0.25, 0.3) is 0 Å². The van der Waals surface area contributed by atoms with E-state index in [1.165, 1.54) is 9.13 Å². The van der Waals surface area contributed by atoms with Crippen molar-refractivity contribution >= 4 is 39.8 Å². The fourth-order valence-electron chi connectivity index (χ4n) is 1.63. The van der Waals surface area contributed by atoms with E-state index < -0.39 is 0 Å². The van der Waals surface area contributed by atoms with E-state index in [1.54, 1.807) is 4.68 Å². The zero-order valence-electron chi connectivity index (χ0n) is 10.1. The van der Waals surface area contributed by atoms with E-state index in [4.69, 9.17) is 5.73 Å². The molecule has 0 atom stereocenters. The molecule has 0 aliphatic rings. The molecule has 1 heterocycles. The molecule has 4 nitrogen and oxygen atoms in total. The Bertz CT molecular complexity index is 560. The monoisotopic (exact) mass is 342 g/mol. The van der Waals surface area contributed by atoms with Crippen LogP contribution >= 0.6 is 22.6 Å². The molecule has 0 fully saturated rings. The third-order valence-corrected chi connectivity index (χ3v) is 3.87. The number of nitrogens with zero attached hydrogens (tertiary/aromatic N) is 2. The van der Waals surface area contributed by atoms with Gasteiger partial charge >= 0.3 is 0 Å². The number of rotatable bonds is 2. The van der Waals surface area contributed by atoms with Crippen molar-refractivity contribution in [1.29, 1.82) is 0 Å². The highest BCUT2D eigenvalue weighted by Crippen LogP contribution is 2.26. The van der Waals surface area contributed by atoms with Crippen molar-refractivity contribution in [3.05, 3.63) is 33.0 Å². The number of nitrogens with two attached hydrogens (primary N) is 1. The van der Waals surface area contributed by atoms with Gasteiger partial charge in [0, 0.05) is 16.3 Å². The Morgan fingerprint density at radius 2 is 2.06 bits per heavy atom. The number of benzene rings is 1. The van der Waals surface area contributed by atoms with Gasteiger partial charge in [-0.15, -0.1) is 0 Å². The Morgan fingerprint density at radius 1 is 1.35 bits per heavy atom. The number of nitrogen functional groups attached to an aromatic ring is 1. The van der Waals surface area contributed by atoms with Crippen LogP contribution in [0.1, 0.15) is 11.3 Å². The van der Waals surface area contributed by atoms with E-state index in [0.29, 0.717) is 5.69 Å². The van der Waals surface area contributed by atoms with Crippen LogP contribution in [0.15, 0.2) is 18.2 Å². The molecule has 0 saturated carbocycles. The molecular formula is C12H15IN4. The molecule has 5 heteroatoms. The maximum Gasteiger partial charge on any atom is 0.152 e. The SMILES string of the molecule is Cc1ccc(Nc2c(N)c(C)nn2C)cc1I. The van der Waals surface area contributed by atoms with Crippen LogP contribution in [-0.2, 0) is 7.05 Å². The lowest BCUT2D eigenvalue weighted by atomic mass is 10.2. The summed E-state index contributed by atoms with van der Waals surface area (Å²) in [5.74, 6) is 0.835. The molecule has 0 aliphatic heterocycles. The first-order valence-corrected chi connectivity index (χ1v) is 6.39. The largest absolute Gasteiger partial charge is 0.394 e. The average molecular weight is 342 g/mol. The summed E-state index contributed by atoms with van der Waals surface area (Å²) in [5.41, 5.74) is 9.80. The Kier molecular flexibility index (Phi) is 3.28. The Hall–Kier alpha value is -1.24. The smallest absolute Gasteiger partial charge is 0.152 e. The molecule has 0 spiro atoms. The first kappa shape index (κ1) is 12.2. The Balaban J connectivity index is 2.34. The maximum absolute atomic E-state index is 5.97. The molecule has 0 aliphatic carbocycles. The number of hydrogen-bond donors (Lipinski definition) is 2. The Labute approximate surface area is 114 Å². The minimum Gasteiger partial charge on any atom is -0.394 e. The van der Waals surface area contributed by atoms with Gasteiger partial charge < -0.3 is 11.1 Å². The van der Waals surface area contributed by atoms with E-state index >= 15 is 0 Å². The van der Waals surface area contributed by atoms with Crippen molar-refractivity contribution in [2.24, 2.45) is 7.05 Å². The van der Waals surface area contributed by atoms with Crippen molar-refractivity contribution in [3.8, 4) is 0 Å². The van der Waals surface area contributed by atoms with Crippen molar-refractivity contribution in [1.82, 2.24) is 9.78 Å². The quantitative estimate of drug-likeness (QED) is 0.825. The molecule has 90 valence electrons. The summed E-state index contributed by atoms with van der Waals surface area (Å²) in [5, 5.41) is 7.57. The van der Waals surface area contributed by atoms with Crippen molar-refractivity contribution in [3.63, 3.8) is 0 Å². The third-order valence-electron chi connectivity index (χ3n) is 2.70. The van der Waals surface area contributed by atoms with Crippen LogP contribution in [-0.4, -0.2) is 9.78 Å². The lowest BCUT2D eigenvalue weighted by Gasteiger charge is -2.09. The molecule has 0 amide bonds. The van der Waals surface area contributed by atoms with E-state index in [0.717, 1.165) is 17.2 Å². The first-order chi connectivity index (χ1) is 7.99. The fourth-order valence-corrected chi connectivity index (χ4v) is 2.15. The second kappa shape index (κ2) is 4.56. The third kappa shape index (κ3) is 2.38. The summed E-state index contributed by atoms with van der Waals surface area (Å²) in [4.78, 5) is 0. The number of nitrogens with one attached hydrogen (secondary N) is 1. The van der Waals surface area contributed by atoms with Gasteiger partial charge in [-0.25, -0.2) is 0 Å². The highest BCUT2D eigenvalue weighted by atomic mass is 127. The average Bonchev–Trinajstić information content (AvgIpc) is 2.50. The maximum atomic E-state index is 5.97. The molecule has 0 radical (unpaired) electrons. The molecule has 1 aromatic heterocycles. The standard InChI is InChI=1S/C12H15IN4/c1-7-4-5-9(6-10(7)13)15-12-11(14)8(2)16-17(12)3/h4-6,15H,14H2,1-3H3. The predicted molar refractivity (Wildman–Crippen MR) is 79.5 cm³/mol. The lowest BCUT2D eigenvalue weighted by molar-refractivity contribution is 0.765. The van der Waals surface area contributed by atoms with Gasteiger partial charge in [-0.3, -0.25) is 4.68 Å². The first-order valence-electron chi connectivity index (χ1n) is 5.31. The van der Waals surface area contributed by atoms with Crippen LogP contribution in [0.25, 0.3) is 0 Å². The van der Waals surface area contributed by atoms with Crippen LogP contribution in [0.2, 0.25) is 0 Å². The second-order valence-corrected chi connectivity index (χ2v) is 5.22. The van der Waals surface area contributed by atoms with Gasteiger partial charge in [0.05, 0.1) is 11.4 Å². The summed E-state index contributed by atoms with van der Waals surface area (Å²) >= 11 is 2.32. The lowest BCUT2D eigenvalue weighted by Crippen LogP contribution is -2.01. The normalized spacial score (nSPS) is 10.6. The van der Waals surface area contributed by atoms with Gasteiger partial charge in [-0.05, 0) is 54.1 Å². The fraction of sp³-hybridized carbons (Fsp3) is 0.250. The molecule has 17 heavy (non-hydrogen) atoms. The van der Waals surface area contributed by atoms with Crippen molar-refractivity contribution in [2.45, 2.75) is 13.8 Å². The predicted octanol–water partition coefficient (Wildman–Crippen LogP) is 2.97.